The number of aryl methyl sites for hydroxylation is 1. The molecule has 2 atom stereocenters. The fourth-order valence-electron chi connectivity index (χ4n) is 2.94. The Morgan fingerprint density at radius 2 is 2.06 bits per heavy atom. The molecule has 2 rings (SSSR count). The van der Waals surface area contributed by atoms with Crippen molar-refractivity contribution in [3.8, 4) is 0 Å². The second-order valence-electron chi connectivity index (χ2n) is 5.95. The van der Waals surface area contributed by atoms with Crippen LogP contribution in [-0.4, -0.2) is 6.04 Å². The zero-order valence-electron chi connectivity index (χ0n) is 11.7. The molecular weight excluding hydrogens is 286 g/mol. The highest BCUT2D eigenvalue weighted by atomic mass is 79.9. The largest absolute Gasteiger partial charge is 0.381 e. The standard InChI is InChI=1S/C16H24BrN/c1-11(2)13-7-5-8-14(10-13)18-15-9-4-6-12(3)16(15)17/h4,6,9,11,13-14,18H,5,7-8,10H2,1-3H3. The normalized spacial score (nSPS) is 24.3. The van der Waals surface area contributed by atoms with E-state index in [2.05, 4.69) is 60.2 Å². The SMILES string of the molecule is Cc1cccc(NC2CCCC(C(C)C)C2)c1Br. The van der Waals surface area contributed by atoms with Gasteiger partial charge in [0.2, 0.25) is 0 Å². The average Bonchev–Trinajstić information content (AvgIpc) is 2.35. The lowest BCUT2D eigenvalue weighted by Crippen LogP contribution is -2.29. The molecule has 0 radical (unpaired) electrons. The zero-order valence-corrected chi connectivity index (χ0v) is 13.3. The van der Waals surface area contributed by atoms with Gasteiger partial charge in [-0.2, -0.15) is 0 Å². The number of anilines is 1. The lowest BCUT2D eigenvalue weighted by Gasteiger charge is -2.33. The average molecular weight is 310 g/mol. The maximum absolute atomic E-state index is 3.73. The molecule has 0 saturated heterocycles. The molecule has 1 aliphatic rings. The van der Waals surface area contributed by atoms with Crippen LogP contribution in [0.2, 0.25) is 0 Å². The topological polar surface area (TPSA) is 12.0 Å². The quantitative estimate of drug-likeness (QED) is 0.790. The molecule has 0 amide bonds. The van der Waals surface area contributed by atoms with Crippen LogP contribution in [0, 0.1) is 18.8 Å². The van der Waals surface area contributed by atoms with Gasteiger partial charge in [0.05, 0.1) is 0 Å². The number of rotatable bonds is 3. The molecule has 1 nitrogen and oxygen atoms in total. The van der Waals surface area contributed by atoms with E-state index in [1.807, 2.05) is 0 Å². The fraction of sp³-hybridized carbons (Fsp3) is 0.625. The minimum Gasteiger partial charge on any atom is -0.381 e. The lowest BCUT2D eigenvalue weighted by molar-refractivity contribution is 0.264. The van der Waals surface area contributed by atoms with Gasteiger partial charge >= 0.3 is 0 Å². The first-order valence-electron chi connectivity index (χ1n) is 7.09. The van der Waals surface area contributed by atoms with Gasteiger partial charge < -0.3 is 5.32 Å². The van der Waals surface area contributed by atoms with Gasteiger partial charge in [-0.15, -0.1) is 0 Å². The summed E-state index contributed by atoms with van der Waals surface area (Å²) < 4.78 is 1.22. The summed E-state index contributed by atoms with van der Waals surface area (Å²) in [6.45, 7) is 6.86. The van der Waals surface area contributed by atoms with E-state index in [9.17, 15) is 0 Å². The third-order valence-electron chi connectivity index (χ3n) is 4.21. The van der Waals surface area contributed by atoms with Crippen molar-refractivity contribution < 1.29 is 0 Å². The molecule has 1 fully saturated rings. The Morgan fingerprint density at radius 3 is 2.78 bits per heavy atom. The van der Waals surface area contributed by atoms with Gasteiger partial charge in [-0.1, -0.05) is 38.8 Å². The van der Waals surface area contributed by atoms with Gasteiger partial charge in [0.25, 0.3) is 0 Å². The first kappa shape index (κ1) is 13.9. The molecule has 0 spiro atoms. The van der Waals surface area contributed by atoms with Crippen LogP contribution in [-0.2, 0) is 0 Å². The maximum atomic E-state index is 3.73. The fourth-order valence-corrected chi connectivity index (χ4v) is 3.32. The Balaban J connectivity index is 2.03. The highest BCUT2D eigenvalue weighted by Gasteiger charge is 2.24. The molecule has 1 saturated carbocycles. The van der Waals surface area contributed by atoms with Crippen LogP contribution in [0.4, 0.5) is 5.69 Å². The van der Waals surface area contributed by atoms with Crippen molar-refractivity contribution >= 4 is 21.6 Å². The minimum atomic E-state index is 0.643. The summed E-state index contributed by atoms with van der Waals surface area (Å²) in [5.41, 5.74) is 2.56. The van der Waals surface area contributed by atoms with Crippen LogP contribution in [0.25, 0.3) is 0 Å². The molecule has 0 aliphatic heterocycles. The Hall–Kier alpha value is -0.500. The van der Waals surface area contributed by atoms with E-state index in [0.717, 1.165) is 11.8 Å². The molecule has 2 unspecified atom stereocenters. The first-order valence-corrected chi connectivity index (χ1v) is 7.89. The first-order chi connectivity index (χ1) is 8.58. The number of benzene rings is 1. The second kappa shape index (κ2) is 6.10. The maximum Gasteiger partial charge on any atom is 0.0489 e. The Kier molecular flexibility index (Phi) is 4.71. The monoisotopic (exact) mass is 309 g/mol. The Morgan fingerprint density at radius 1 is 1.28 bits per heavy atom. The minimum absolute atomic E-state index is 0.643. The van der Waals surface area contributed by atoms with E-state index in [0.29, 0.717) is 6.04 Å². The van der Waals surface area contributed by atoms with Crippen molar-refractivity contribution in [1.29, 1.82) is 0 Å². The van der Waals surface area contributed by atoms with Crippen molar-refractivity contribution in [3.63, 3.8) is 0 Å². The summed E-state index contributed by atoms with van der Waals surface area (Å²) in [7, 11) is 0. The highest BCUT2D eigenvalue weighted by molar-refractivity contribution is 9.10. The van der Waals surface area contributed by atoms with Crippen molar-refractivity contribution in [3.05, 3.63) is 28.2 Å². The molecule has 100 valence electrons. The number of nitrogens with one attached hydrogen (secondary N) is 1. The molecule has 18 heavy (non-hydrogen) atoms. The van der Waals surface area contributed by atoms with Crippen LogP contribution in [0.1, 0.15) is 45.1 Å². The van der Waals surface area contributed by atoms with Gasteiger partial charge in [-0.3, -0.25) is 0 Å². The van der Waals surface area contributed by atoms with Crippen LogP contribution in [0.3, 0.4) is 0 Å². The smallest absolute Gasteiger partial charge is 0.0489 e. The molecule has 1 aromatic carbocycles. The highest BCUT2D eigenvalue weighted by Crippen LogP contribution is 2.33. The van der Waals surface area contributed by atoms with Crippen molar-refractivity contribution in [2.75, 3.05) is 5.32 Å². The molecule has 0 bridgehead atoms. The van der Waals surface area contributed by atoms with Gasteiger partial charge in [-0.05, 0) is 59.2 Å². The lowest BCUT2D eigenvalue weighted by atomic mass is 9.79. The van der Waals surface area contributed by atoms with E-state index in [1.54, 1.807) is 0 Å². The van der Waals surface area contributed by atoms with Crippen LogP contribution in [0.15, 0.2) is 22.7 Å². The third kappa shape index (κ3) is 3.28. The van der Waals surface area contributed by atoms with Crippen molar-refractivity contribution in [2.24, 2.45) is 11.8 Å². The van der Waals surface area contributed by atoms with Crippen molar-refractivity contribution in [1.82, 2.24) is 0 Å². The van der Waals surface area contributed by atoms with E-state index >= 15 is 0 Å². The molecule has 1 aliphatic carbocycles. The van der Waals surface area contributed by atoms with Gasteiger partial charge in [0, 0.05) is 16.2 Å². The molecule has 0 aromatic heterocycles. The van der Waals surface area contributed by atoms with Gasteiger partial charge in [0.1, 0.15) is 0 Å². The molecule has 0 heterocycles. The second-order valence-corrected chi connectivity index (χ2v) is 6.74. The summed E-state index contributed by atoms with van der Waals surface area (Å²) in [6, 6.07) is 7.10. The summed E-state index contributed by atoms with van der Waals surface area (Å²) in [5.74, 6) is 1.70. The molecular formula is C16H24BrN. The molecule has 1 aromatic rings. The van der Waals surface area contributed by atoms with E-state index in [4.69, 9.17) is 0 Å². The zero-order chi connectivity index (χ0) is 13.1. The number of hydrogen-bond donors (Lipinski definition) is 1. The summed E-state index contributed by atoms with van der Waals surface area (Å²) in [4.78, 5) is 0. The molecule has 2 heteroatoms. The third-order valence-corrected chi connectivity index (χ3v) is 5.26. The van der Waals surface area contributed by atoms with Crippen molar-refractivity contribution in [2.45, 2.75) is 52.5 Å². The predicted molar refractivity (Wildman–Crippen MR) is 83.1 cm³/mol. The van der Waals surface area contributed by atoms with Gasteiger partial charge in [0.15, 0.2) is 0 Å². The van der Waals surface area contributed by atoms with Crippen LogP contribution in [0.5, 0.6) is 0 Å². The van der Waals surface area contributed by atoms with E-state index in [-0.39, 0.29) is 0 Å². The van der Waals surface area contributed by atoms with Crippen LogP contribution < -0.4 is 5.32 Å². The summed E-state index contributed by atoms with van der Waals surface area (Å²) in [6.07, 6.45) is 5.40. The van der Waals surface area contributed by atoms with Gasteiger partial charge in [-0.25, -0.2) is 0 Å². The number of halogens is 1. The summed E-state index contributed by atoms with van der Waals surface area (Å²) in [5, 5.41) is 3.73. The molecule has 1 N–H and O–H groups in total. The Bertz CT molecular complexity index is 400. The number of hydrogen-bond acceptors (Lipinski definition) is 1. The van der Waals surface area contributed by atoms with Crippen LogP contribution >= 0.6 is 15.9 Å². The van der Waals surface area contributed by atoms with E-state index < -0.39 is 0 Å². The van der Waals surface area contributed by atoms with E-state index in [1.165, 1.54) is 41.4 Å². The summed E-state index contributed by atoms with van der Waals surface area (Å²) >= 11 is 3.69. The Labute approximate surface area is 119 Å². The predicted octanol–water partition coefficient (Wildman–Crippen LogP) is 5.38.